The topological polar surface area (TPSA) is 38.3 Å². The first kappa shape index (κ1) is 22.6. The summed E-state index contributed by atoms with van der Waals surface area (Å²) in [5.74, 6) is -2.35. The van der Waals surface area contributed by atoms with Crippen LogP contribution in [0.25, 0.3) is 0 Å². The van der Waals surface area contributed by atoms with Crippen molar-refractivity contribution in [1.82, 2.24) is 5.32 Å². The van der Waals surface area contributed by atoms with Crippen molar-refractivity contribution < 1.29 is 18.3 Å². The van der Waals surface area contributed by atoms with Gasteiger partial charge in [0.25, 0.3) is 11.8 Å². The van der Waals surface area contributed by atoms with E-state index in [-0.39, 0.29) is 18.1 Å². The largest absolute Gasteiger partial charge is 0.489 e. The number of nitrogens with one attached hydrogen (secondary N) is 1. The molecule has 0 saturated carbocycles. The average Bonchev–Trinajstić information content (AvgIpc) is 2.86. The van der Waals surface area contributed by atoms with Crippen LogP contribution in [0.4, 0.5) is 8.78 Å². The molecule has 0 fully saturated rings. The zero-order valence-corrected chi connectivity index (χ0v) is 17.5. The Morgan fingerprint density at radius 1 is 1.31 bits per heavy atom. The van der Waals surface area contributed by atoms with Gasteiger partial charge in [-0.05, 0) is 56.0 Å². The molecule has 0 atom stereocenters. The van der Waals surface area contributed by atoms with Crippen molar-refractivity contribution in [3.05, 3.63) is 76.9 Å². The Balaban J connectivity index is 2.03. The first-order chi connectivity index (χ1) is 13.7. The second-order valence-electron chi connectivity index (χ2n) is 7.55. The molecule has 0 radical (unpaired) electrons. The Labute approximate surface area is 171 Å². The van der Waals surface area contributed by atoms with Crippen LogP contribution in [0.1, 0.15) is 39.7 Å². The van der Waals surface area contributed by atoms with Crippen molar-refractivity contribution in [3.63, 3.8) is 0 Å². The summed E-state index contributed by atoms with van der Waals surface area (Å²) in [5.41, 5.74) is 2.41. The van der Waals surface area contributed by atoms with Crippen LogP contribution in [0, 0.1) is 5.92 Å². The fraction of sp³-hybridized carbons (Fsp3) is 0.375. The quantitative estimate of drug-likeness (QED) is 0.567. The summed E-state index contributed by atoms with van der Waals surface area (Å²) in [6.45, 7) is 8.45. The van der Waals surface area contributed by atoms with Crippen molar-refractivity contribution in [2.75, 3.05) is 13.2 Å². The van der Waals surface area contributed by atoms with Crippen LogP contribution < -0.4 is 10.1 Å². The maximum absolute atomic E-state index is 14.1. The summed E-state index contributed by atoms with van der Waals surface area (Å²) in [6, 6.07) is 5.95. The standard InChI is InChI=1S/C24H29F2NO2/c1-5-13-24(25,26)20-7-6-8-21(14-20)29-16-19-10-9-18(4)22(12-11-19)23(28)27-15-17(2)3/h5-8,10-14,17H,9,15-16H2,1-4H3,(H,27,28). The summed E-state index contributed by atoms with van der Waals surface area (Å²) in [4.78, 5) is 12.4. The van der Waals surface area contributed by atoms with Gasteiger partial charge in [-0.3, -0.25) is 4.79 Å². The average molecular weight is 401 g/mol. The molecule has 5 heteroatoms. The van der Waals surface area contributed by atoms with Gasteiger partial charge in [0.05, 0.1) is 0 Å². The van der Waals surface area contributed by atoms with E-state index in [0.717, 1.165) is 17.2 Å². The lowest BCUT2D eigenvalue weighted by atomic mass is 10.1. The molecule has 0 bridgehead atoms. The van der Waals surface area contributed by atoms with Gasteiger partial charge >= 0.3 is 0 Å². The molecule has 2 rings (SSSR count). The zero-order chi connectivity index (χ0) is 21.4. The molecule has 0 aromatic heterocycles. The summed E-state index contributed by atoms with van der Waals surface area (Å²) < 4.78 is 33.8. The Bertz CT molecular complexity index is 848. The number of hydrogen-bond acceptors (Lipinski definition) is 2. The predicted molar refractivity (Wildman–Crippen MR) is 113 cm³/mol. The summed E-state index contributed by atoms with van der Waals surface area (Å²) in [7, 11) is 0. The monoisotopic (exact) mass is 401 g/mol. The molecule has 1 aromatic carbocycles. The lowest BCUT2D eigenvalue weighted by Crippen LogP contribution is -2.28. The minimum absolute atomic E-state index is 0.0815. The van der Waals surface area contributed by atoms with E-state index in [0.29, 0.717) is 30.2 Å². The number of hydrogen-bond donors (Lipinski definition) is 1. The molecular formula is C24H29F2NO2. The van der Waals surface area contributed by atoms with E-state index in [1.807, 2.05) is 32.9 Å². The highest BCUT2D eigenvalue weighted by atomic mass is 19.3. The van der Waals surface area contributed by atoms with Crippen LogP contribution in [0.15, 0.2) is 71.4 Å². The minimum Gasteiger partial charge on any atom is -0.489 e. The molecule has 0 aliphatic heterocycles. The molecule has 0 unspecified atom stereocenters. The van der Waals surface area contributed by atoms with Crippen molar-refractivity contribution in [2.45, 2.75) is 40.0 Å². The number of rotatable bonds is 8. The lowest BCUT2D eigenvalue weighted by Gasteiger charge is -2.14. The molecule has 0 saturated heterocycles. The smallest absolute Gasteiger partial charge is 0.291 e. The molecule has 156 valence electrons. The van der Waals surface area contributed by atoms with Crippen LogP contribution in [-0.4, -0.2) is 19.1 Å². The van der Waals surface area contributed by atoms with Gasteiger partial charge in [0.2, 0.25) is 0 Å². The number of ether oxygens (including phenoxy) is 1. The van der Waals surface area contributed by atoms with E-state index in [4.69, 9.17) is 4.74 Å². The highest BCUT2D eigenvalue weighted by molar-refractivity contribution is 5.97. The molecule has 3 nitrogen and oxygen atoms in total. The van der Waals surface area contributed by atoms with Crippen molar-refractivity contribution in [1.29, 1.82) is 0 Å². The second-order valence-corrected chi connectivity index (χ2v) is 7.55. The maximum atomic E-state index is 14.1. The normalized spacial score (nSPS) is 14.9. The summed E-state index contributed by atoms with van der Waals surface area (Å²) >= 11 is 0. The van der Waals surface area contributed by atoms with Gasteiger partial charge in [-0.2, -0.15) is 8.78 Å². The fourth-order valence-corrected chi connectivity index (χ4v) is 2.83. The molecule has 0 spiro atoms. The Morgan fingerprint density at radius 3 is 2.76 bits per heavy atom. The number of carbonyl (C=O) groups is 1. The minimum atomic E-state index is -3.03. The molecule has 1 amide bonds. The van der Waals surface area contributed by atoms with Crippen molar-refractivity contribution >= 4 is 5.91 Å². The molecule has 1 aliphatic carbocycles. The van der Waals surface area contributed by atoms with Crippen LogP contribution >= 0.6 is 0 Å². The third kappa shape index (κ3) is 6.70. The SMILES string of the molecule is CC=CC(F)(F)c1cccc(OCC2=CCC(C)=C(C(=O)NCC(C)C)C=C2)c1. The van der Waals surface area contributed by atoms with Gasteiger partial charge in [-0.1, -0.05) is 49.8 Å². The van der Waals surface area contributed by atoms with E-state index in [2.05, 4.69) is 5.32 Å². The molecule has 29 heavy (non-hydrogen) atoms. The number of carbonyl (C=O) groups excluding carboxylic acids is 1. The number of allylic oxidation sites excluding steroid dienone is 4. The van der Waals surface area contributed by atoms with Crippen LogP contribution in [0.3, 0.4) is 0 Å². The van der Waals surface area contributed by atoms with Crippen LogP contribution in [-0.2, 0) is 10.7 Å². The third-order valence-electron chi connectivity index (χ3n) is 4.51. The number of halogens is 2. The van der Waals surface area contributed by atoms with E-state index in [1.54, 1.807) is 25.1 Å². The predicted octanol–water partition coefficient (Wildman–Crippen LogP) is 5.71. The van der Waals surface area contributed by atoms with Crippen LogP contribution in [0.5, 0.6) is 5.75 Å². The van der Waals surface area contributed by atoms with Gasteiger partial charge in [-0.15, -0.1) is 0 Å². The zero-order valence-electron chi connectivity index (χ0n) is 17.5. The number of amides is 1. The van der Waals surface area contributed by atoms with Gasteiger partial charge in [0.15, 0.2) is 0 Å². The molecular weight excluding hydrogens is 372 g/mol. The van der Waals surface area contributed by atoms with Gasteiger partial charge < -0.3 is 10.1 Å². The van der Waals surface area contributed by atoms with Gasteiger partial charge in [0, 0.05) is 17.7 Å². The lowest BCUT2D eigenvalue weighted by molar-refractivity contribution is -0.117. The molecule has 1 aromatic rings. The summed E-state index contributed by atoms with van der Waals surface area (Å²) in [6.07, 6.45) is 8.47. The molecule has 1 aliphatic rings. The van der Waals surface area contributed by atoms with Crippen LogP contribution in [0.2, 0.25) is 0 Å². The van der Waals surface area contributed by atoms with Crippen molar-refractivity contribution in [2.24, 2.45) is 5.92 Å². The first-order valence-electron chi connectivity index (χ1n) is 9.83. The van der Waals surface area contributed by atoms with E-state index in [1.165, 1.54) is 18.2 Å². The van der Waals surface area contributed by atoms with E-state index in [9.17, 15) is 13.6 Å². The Hall–Kier alpha value is -2.69. The van der Waals surface area contributed by atoms with E-state index >= 15 is 0 Å². The van der Waals surface area contributed by atoms with Crippen molar-refractivity contribution in [3.8, 4) is 5.75 Å². The fourth-order valence-electron chi connectivity index (χ4n) is 2.83. The summed E-state index contributed by atoms with van der Waals surface area (Å²) in [5, 5.41) is 2.93. The maximum Gasteiger partial charge on any atom is 0.291 e. The highest BCUT2D eigenvalue weighted by Gasteiger charge is 2.27. The van der Waals surface area contributed by atoms with E-state index < -0.39 is 5.92 Å². The second kappa shape index (κ2) is 10.2. The first-order valence-corrected chi connectivity index (χ1v) is 9.83. The van der Waals surface area contributed by atoms with Gasteiger partial charge in [0.1, 0.15) is 12.4 Å². The molecule has 0 heterocycles. The highest BCUT2D eigenvalue weighted by Crippen LogP contribution is 2.31. The Morgan fingerprint density at radius 2 is 2.07 bits per heavy atom. The number of alkyl halides is 2. The molecule has 1 N–H and O–H groups in total. The Kier molecular flexibility index (Phi) is 7.94. The third-order valence-corrected chi connectivity index (χ3v) is 4.51. The van der Waals surface area contributed by atoms with Gasteiger partial charge in [-0.25, -0.2) is 0 Å². The number of benzene rings is 1.